The van der Waals surface area contributed by atoms with Crippen LogP contribution in [0, 0.1) is 0 Å². The minimum atomic E-state index is -3.52. The monoisotopic (exact) mass is 467 g/mol. The molecule has 0 spiro atoms. The number of piperazine rings is 1. The van der Waals surface area contributed by atoms with E-state index in [0.717, 1.165) is 22.3 Å². The van der Waals surface area contributed by atoms with E-state index < -0.39 is 10.0 Å². The highest BCUT2D eigenvalue weighted by atomic mass is 32.2. The van der Waals surface area contributed by atoms with Crippen molar-refractivity contribution in [2.24, 2.45) is 0 Å². The molecule has 0 radical (unpaired) electrons. The van der Waals surface area contributed by atoms with Gasteiger partial charge in [-0.3, -0.25) is 4.98 Å². The first kappa shape index (κ1) is 21.2. The average Bonchev–Trinajstić information content (AvgIpc) is 2.90. The number of benzene rings is 3. The summed E-state index contributed by atoms with van der Waals surface area (Å²) < 4.78 is 28.3. The summed E-state index contributed by atoms with van der Waals surface area (Å²) in [4.78, 5) is 4.44. The molecule has 34 heavy (non-hydrogen) atoms. The molecule has 7 rings (SSSR count). The van der Waals surface area contributed by atoms with Gasteiger partial charge < -0.3 is 5.32 Å². The maximum absolute atomic E-state index is 13.3. The second-order valence-electron chi connectivity index (χ2n) is 8.98. The highest BCUT2D eigenvalue weighted by molar-refractivity contribution is 7.89. The zero-order chi connectivity index (χ0) is 23.1. The largest absolute Gasteiger partial charge is 0.307 e. The smallest absolute Gasteiger partial charge is 0.243 e. The van der Waals surface area contributed by atoms with Crippen LogP contribution in [0.3, 0.4) is 0 Å². The van der Waals surface area contributed by atoms with Crippen LogP contribution in [0.25, 0.3) is 22.3 Å². The van der Waals surface area contributed by atoms with Crippen molar-refractivity contribution in [1.82, 2.24) is 14.6 Å². The summed E-state index contributed by atoms with van der Waals surface area (Å²) >= 11 is 0. The number of hydrogen-bond donors (Lipinski definition) is 1. The van der Waals surface area contributed by atoms with Gasteiger partial charge in [-0.25, -0.2) is 8.42 Å². The molecule has 2 bridgehead atoms. The quantitative estimate of drug-likeness (QED) is 0.468. The van der Waals surface area contributed by atoms with Crippen LogP contribution < -0.4 is 5.32 Å². The Morgan fingerprint density at radius 1 is 0.676 bits per heavy atom. The molecule has 1 aromatic heterocycles. The number of piperidine rings is 1. The highest BCUT2D eigenvalue weighted by Gasteiger charge is 2.49. The van der Waals surface area contributed by atoms with Crippen LogP contribution in [0.15, 0.2) is 108 Å². The lowest BCUT2D eigenvalue weighted by Crippen LogP contribution is -2.72. The number of nitrogens with zero attached hydrogens (tertiary/aromatic N) is 2. The Morgan fingerprint density at radius 2 is 1.21 bits per heavy atom. The van der Waals surface area contributed by atoms with Crippen molar-refractivity contribution in [2.45, 2.75) is 22.9 Å². The molecule has 3 saturated heterocycles. The van der Waals surface area contributed by atoms with Crippen molar-refractivity contribution in [2.75, 3.05) is 13.1 Å². The number of rotatable bonds is 5. The Bertz CT molecular complexity index is 1380. The number of fused-ring (bicyclic) bond motifs is 2. The number of hydrogen-bond acceptors (Lipinski definition) is 4. The molecular weight excluding hydrogens is 442 g/mol. The average molecular weight is 468 g/mol. The van der Waals surface area contributed by atoms with Crippen LogP contribution >= 0.6 is 0 Å². The first-order valence-corrected chi connectivity index (χ1v) is 13.0. The summed E-state index contributed by atoms with van der Waals surface area (Å²) in [7, 11) is -3.52. The van der Waals surface area contributed by atoms with Crippen LogP contribution in [0.2, 0.25) is 0 Å². The molecule has 6 heteroatoms. The van der Waals surface area contributed by atoms with E-state index in [1.807, 2.05) is 54.6 Å². The minimum absolute atomic E-state index is 0.129. The number of pyridine rings is 1. The minimum Gasteiger partial charge on any atom is -0.307 e. The molecule has 0 saturated carbocycles. The van der Waals surface area contributed by atoms with Gasteiger partial charge in [0.25, 0.3) is 0 Å². The molecule has 3 aliphatic heterocycles. The van der Waals surface area contributed by atoms with Crippen molar-refractivity contribution < 1.29 is 8.42 Å². The maximum atomic E-state index is 13.3. The third-order valence-electron chi connectivity index (χ3n) is 7.00. The first-order valence-electron chi connectivity index (χ1n) is 11.5. The first-order chi connectivity index (χ1) is 16.6. The van der Waals surface area contributed by atoms with E-state index in [1.54, 1.807) is 28.8 Å². The molecule has 1 unspecified atom stereocenters. The van der Waals surface area contributed by atoms with Gasteiger partial charge in [0.2, 0.25) is 10.0 Å². The lowest BCUT2D eigenvalue weighted by Gasteiger charge is -2.54. The van der Waals surface area contributed by atoms with Crippen molar-refractivity contribution in [3.8, 4) is 22.3 Å². The van der Waals surface area contributed by atoms with Gasteiger partial charge in [0.15, 0.2) is 0 Å². The van der Waals surface area contributed by atoms with Gasteiger partial charge in [0.1, 0.15) is 0 Å². The van der Waals surface area contributed by atoms with Gasteiger partial charge in [0.05, 0.1) is 4.90 Å². The molecule has 3 aromatic carbocycles. The van der Waals surface area contributed by atoms with E-state index in [-0.39, 0.29) is 12.1 Å². The summed E-state index contributed by atoms with van der Waals surface area (Å²) in [6.45, 7) is 0.964. The van der Waals surface area contributed by atoms with Gasteiger partial charge in [-0.15, -0.1) is 0 Å². The van der Waals surface area contributed by atoms with Crippen molar-refractivity contribution in [1.29, 1.82) is 0 Å². The normalized spacial score (nSPS) is 22.2. The van der Waals surface area contributed by atoms with Crippen LogP contribution in [0.4, 0.5) is 0 Å². The van der Waals surface area contributed by atoms with E-state index in [9.17, 15) is 8.42 Å². The van der Waals surface area contributed by atoms with Gasteiger partial charge >= 0.3 is 0 Å². The fraction of sp³-hybridized carbons (Fsp3) is 0.179. The molecule has 4 aromatic rings. The number of aromatic nitrogens is 1. The second-order valence-corrected chi connectivity index (χ2v) is 10.9. The van der Waals surface area contributed by atoms with Gasteiger partial charge in [0, 0.05) is 43.5 Å². The lowest BCUT2D eigenvalue weighted by atomic mass is 9.75. The van der Waals surface area contributed by atoms with Gasteiger partial charge in [-0.2, -0.15) is 4.31 Å². The van der Waals surface area contributed by atoms with E-state index in [2.05, 4.69) is 34.6 Å². The third kappa shape index (κ3) is 3.74. The third-order valence-corrected chi connectivity index (χ3v) is 8.85. The van der Waals surface area contributed by atoms with Crippen molar-refractivity contribution >= 4 is 10.0 Å². The topological polar surface area (TPSA) is 62.3 Å². The Labute approximate surface area is 200 Å². The van der Waals surface area contributed by atoms with Crippen LogP contribution in [-0.4, -0.2) is 42.9 Å². The Morgan fingerprint density at radius 3 is 1.82 bits per heavy atom. The standard InChI is InChI=1S/C28H25N3O2S/c32-34(33,25-12-10-22(11-13-25)20-4-2-1-3-5-20)31-18-26-28(27(19-31)30-26)24-8-6-21(7-9-24)23-14-16-29-17-15-23/h1-17,26-28,30H,18-19H2/t26-,27+,28?. The zero-order valence-electron chi connectivity index (χ0n) is 18.6. The summed E-state index contributed by atoms with van der Waals surface area (Å²) in [6.07, 6.45) is 3.60. The highest BCUT2D eigenvalue weighted by Crippen LogP contribution is 2.39. The SMILES string of the molecule is O=S(=O)(c1ccc(-c2ccccc2)cc1)N1C[C@@H]2N[C@H](C1)C2c1ccc(-c2ccncc2)cc1. The molecule has 3 fully saturated rings. The van der Waals surface area contributed by atoms with E-state index >= 15 is 0 Å². The van der Waals surface area contributed by atoms with Crippen molar-refractivity contribution in [3.63, 3.8) is 0 Å². The molecule has 170 valence electrons. The summed E-state index contributed by atoms with van der Waals surface area (Å²) in [5, 5.41) is 3.54. The fourth-order valence-electron chi connectivity index (χ4n) is 5.19. The van der Waals surface area contributed by atoms with Crippen molar-refractivity contribution in [3.05, 3.63) is 109 Å². The van der Waals surface area contributed by atoms with E-state index in [1.165, 1.54) is 5.56 Å². The summed E-state index contributed by atoms with van der Waals surface area (Å²) in [5.74, 6) is 0.332. The van der Waals surface area contributed by atoms with Crippen LogP contribution in [0.5, 0.6) is 0 Å². The Hall–Kier alpha value is -3.32. The molecule has 1 N–H and O–H groups in total. The fourth-order valence-corrected chi connectivity index (χ4v) is 6.68. The summed E-state index contributed by atoms with van der Waals surface area (Å²) in [5.41, 5.74) is 5.65. The number of sulfonamides is 1. The molecular formula is C28H25N3O2S. The van der Waals surface area contributed by atoms with E-state index in [0.29, 0.717) is 23.9 Å². The van der Waals surface area contributed by atoms with E-state index in [4.69, 9.17) is 0 Å². The molecule has 4 heterocycles. The predicted molar refractivity (Wildman–Crippen MR) is 134 cm³/mol. The Kier molecular flexibility index (Phi) is 5.29. The summed E-state index contributed by atoms with van der Waals surface area (Å²) in [6, 6.07) is 30.1. The second kappa shape index (κ2) is 8.47. The molecule has 3 atom stereocenters. The van der Waals surface area contributed by atoms with Crippen LogP contribution in [0.1, 0.15) is 11.5 Å². The molecule has 5 nitrogen and oxygen atoms in total. The van der Waals surface area contributed by atoms with Gasteiger partial charge in [-0.05, 0) is 52.1 Å². The maximum Gasteiger partial charge on any atom is 0.243 e. The number of nitrogens with one attached hydrogen (secondary N) is 1. The van der Waals surface area contributed by atoms with Gasteiger partial charge in [-0.1, -0.05) is 66.7 Å². The lowest BCUT2D eigenvalue weighted by molar-refractivity contribution is 0.102. The van der Waals surface area contributed by atoms with Crippen LogP contribution in [-0.2, 0) is 10.0 Å². The Balaban J connectivity index is 1.16. The molecule has 0 aliphatic carbocycles. The predicted octanol–water partition coefficient (Wildman–Crippen LogP) is 4.54. The zero-order valence-corrected chi connectivity index (χ0v) is 19.4. The molecule has 0 amide bonds. The molecule has 3 aliphatic rings.